The van der Waals surface area contributed by atoms with E-state index in [1.54, 1.807) is 0 Å². The maximum Gasteiger partial charge on any atom is 0.135 e. The maximum atomic E-state index is 6.77. The molecule has 5 nitrogen and oxygen atoms in total. The maximum absolute atomic E-state index is 6.77. The van der Waals surface area contributed by atoms with Crippen LogP contribution in [0, 0.1) is 18.8 Å². The van der Waals surface area contributed by atoms with E-state index in [1.807, 2.05) is 12.3 Å². The van der Waals surface area contributed by atoms with Crippen LogP contribution in [0.1, 0.15) is 84.6 Å². The first-order chi connectivity index (χ1) is 26.1. The fourth-order valence-corrected chi connectivity index (χ4v) is 7.15. The standard InChI is InChI=1S/C50H49N4O.Pt/c1-48(2,3)35-18-15-19-38(26-35)52-32-46(34-16-11-10-12-17-34)53(33-52)39-27-37(50(7,8)9)28-41(30-39)55-40-22-23-43-42-20-13-14-21-44(42)54(45(43)31-40)47-29-36(24-25-51-47)49(4,5)6;/h10-29,32-33H,1-9H3;/q-3;. The SMILES string of the molecule is CC(C)(C)c1cc(Oc2[c-]c3c(cc2)c2ccccc2n3-c2cc(C(C)(C)C)ccn2)[c-]c(N2[CH-]N(c3cccc(C(C)(C)C)c3)C=C2c2ccccc2)c1.[Pt]. The van der Waals surface area contributed by atoms with Crippen molar-refractivity contribution in [2.75, 3.05) is 9.80 Å². The van der Waals surface area contributed by atoms with E-state index in [2.05, 4.69) is 211 Å². The van der Waals surface area contributed by atoms with Crippen molar-refractivity contribution < 1.29 is 25.8 Å². The van der Waals surface area contributed by atoms with Gasteiger partial charge in [0.1, 0.15) is 5.82 Å². The summed E-state index contributed by atoms with van der Waals surface area (Å²) in [5.74, 6) is 2.10. The third-order valence-corrected chi connectivity index (χ3v) is 10.4. The van der Waals surface area contributed by atoms with Gasteiger partial charge in [0.25, 0.3) is 0 Å². The smallest absolute Gasteiger partial charge is 0.135 e. The molecule has 288 valence electrons. The number of para-hydroxylation sites is 1. The summed E-state index contributed by atoms with van der Waals surface area (Å²) < 4.78 is 8.98. The van der Waals surface area contributed by atoms with Gasteiger partial charge in [-0.05, 0) is 74.9 Å². The molecule has 0 bridgehead atoms. The van der Waals surface area contributed by atoms with E-state index in [-0.39, 0.29) is 37.3 Å². The Hall–Kier alpha value is -5.12. The monoisotopic (exact) mass is 916 g/mol. The van der Waals surface area contributed by atoms with Gasteiger partial charge in [-0.3, -0.25) is 0 Å². The molecule has 1 aliphatic rings. The number of pyridine rings is 1. The van der Waals surface area contributed by atoms with Gasteiger partial charge >= 0.3 is 0 Å². The van der Waals surface area contributed by atoms with Crippen molar-refractivity contribution in [2.24, 2.45) is 0 Å². The topological polar surface area (TPSA) is 33.5 Å². The van der Waals surface area contributed by atoms with E-state index in [9.17, 15) is 0 Å². The molecule has 3 heterocycles. The minimum absolute atomic E-state index is 0. The molecular formula is C50H49N4OPt-3. The average Bonchev–Trinajstić information content (AvgIpc) is 3.74. The van der Waals surface area contributed by atoms with Gasteiger partial charge in [-0.2, -0.15) is 6.07 Å². The molecule has 5 aromatic carbocycles. The van der Waals surface area contributed by atoms with Gasteiger partial charge < -0.3 is 19.1 Å². The van der Waals surface area contributed by atoms with Crippen molar-refractivity contribution in [1.29, 1.82) is 0 Å². The van der Waals surface area contributed by atoms with Crippen LogP contribution >= 0.6 is 0 Å². The van der Waals surface area contributed by atoms with Gasteiger partial charge in [0.05, 0.1) is 0 Å². The molecule has 6 heteroatoms. The Morgan fingerprint density at radius 1 is 0.607 bits per heavy atom. The molecule has 2 aromatic heterocycles. The summed E-state index contributed by atoms with van der Waals surface area (Å²) in [4.78, 5) is 9.29. The quantitative estimate of drug-likeness (QED) is 0.156. The molecule has 0 saturated carbocycles. The normalized spacial score (nSPS) is 13.6. The average molecular weight is 917 g/mol. The number of benzene rings is 5. The van der Waals surface area contributed by atoms with Crippen LogP contribution in [-0.2, 0) is 37.3 Å². The second-order valence-electron chi connectivity index (χ2n) is 17.6. The Morgan fingerprint density at radius 3 is 2.04 bits per heavy atom. The van der Waals surface area contributed by atoms with Crippen molar-refractivity contribution in [3.05, 3.63) is 169 Å². The summed E-state index contributed by atoms with van der Waals surface area (Å²) in [7, 11) is 0. The molecular weight excluding hydrogens is 868 g/mol. The Labute approximate surface area is 346 Å². The Bertz CT molecular complexity index is 2570. The molecule has 0 N–H and O–H groups in total. The minimum atomic E-state index is -0.150. The Morgan fingerprint density at radius 2 is 1.30 bits per heavy atom. The zero-order valence-corrected chi connectivity index (χ0v) is 36.0. The van der Waals surface area contributed by atoms with Crippen molar-refractivity contribution >= 4 is 38.9 Å². The molecule has 0 radical (unpaired) electrons. The third-order valence-electron chi connectivity index (χ3n) is 10.4. The molecule has 7 aromatic rings. The largest absolute Gasteiger partial charge is 0.509 e. The van der Waals surface area contributed by atoms with Crippen LogP contribution in [0.2, 0.25) is 0 Å². The number of anilines is 2. The van der Waals surface area contributed by atoms with E-state index in [0.29, 0.717) is 11.5 Å². The van der Waals surface area contributed by atoms with Crippen LogP contribution in [0.3, 0.4) is 0 Å². The number of rotatable bonds is 6. The second-order valence-corrected chi connectivity index (χ2v) is 17.6. The first kappa shape index (κ1) is 39.1. The molecule has 0 fully saturated rings. The predicted molar refractivity (Wildman–Crippen MR) is 229 cm³/mol. The molecule has 0 aliphatic carbocycles. The van der Waals surface area contributed by atoms with Gasteiger partial charge in [0.2, 0.25) is 0 Å². The van der Waals surface area contributed by atoms with E-state index >= 15 is 0 Å². The second kappa shape index (κ2) is 14.8. The molecule has 1 aliphatic heterocycles. The van der Waals surface area contributed by atoms with E-state index in [0.717, 1.165) is 55.8 Å². The summed E-state index contributed by atoms with van der Waals surface area (Å²) in [6.07, 6.45) is 4.11. The number of aromatic nitrogens is 2. The fraction of sp³-hybridized carbons (Fsp3) is 0.240. The van der Waals surface area contributed by atoms with Crippen molar-refractivity contribution in [2.45, 2.75) is 78.6 Å². The Kier molecular flexibility index (Phi) is 10.3. The van der Waals surface area contributed by atoms with Crippen LogP contribution in [0.25, 0.3) is 33.3 Å². The summed E-state index contributed by atoms with van der Waals surface area (Å²) in [6.45, 7) is 22.3. The molecule has 8 rings (SSSR count). The summed E-state index contributed by atoms with van der Waals surface area (Å²) >= 11 is 0. The number of ether oxygens (including phenoxy) is 1. The van der Waals surface area contributed by atoms with Gasteiger partial charge in [-0.25, -0.2) is 4.98 Å². The number of hydrogen-bond acceptors (Lipinski definition) is 4. The number of nitrogens with zero attached hydrogens (tertiary/aromatic N) is 4. The molecule has 0 spiro atoms. The zero-order valence-electron chi connectivity index (χ0n) is 33.7. The van der Waals surface area contributed by atoms with Crippen LogP contribution in [-0.4, -0.2) is 9.55 Å². The molecule has 0 unspecified atom stereocenters. The van der Waals surface area contributed by atoms with E-state index < -0.39 is 0 Å². The van der Waals surface area contributed by atoms with E-state index in [4.69, 9.17) is 9.72 Å². The van der Waals surface area contributed by atoms with Crippen LogP contribution in [0.5, 0.6) is 11.5 Å². The summed E-state index contributed by atoms with van der Waals surface area (Å²) in [5, 5.41) is 2.24. The third kappa shape index (κ3) is 7.67. The first-order valence-corrected chi connectivity index (χ1v) is 19.1. The van der Waals surface area contributed by atoms with E-state index in [1.165, 1.54) is 11.1 Å². The zero-order chi connectivity index (χ0) is 38.7. The van der Waals surface area contributed by atoms with Crippen LogP contribution in [0.4, 0.5) is 11.4 Å². The van der Waals surface area contributed by atoms with Crippen LogP contribution in [0.15, 0.2) is 128 Å². The molecule has 56 heavy (non-hydrogen) atoms. The Balaban J connectivity index is 0.00000480. The summed E-state index contributed by atoms with van der Waals surface area (Å²) in [6, 6.07) is 47.9. The molecule has 0 amide bonds. The molecule has 0 saturated heterocycles. The minimum Gasteiger partial charge on any atom is -0.509 e. The fourth-order valence-electron chi connectivity index (χ4n) is 7.15. The van der Waals surface area contributed by atoms with Gasteiger partial charge in [0.15, 0.2) is 0 Å². The predicted octanol–water partition coefficient (Wildman–Crippen LogP) is 12.9. The number of fused-ring (bicyclic) bond motifs is 3. The first-order valence-electron chi connectivity index (χ1n) is 19.1. The summed E-state index contributed by atoms with van der Waals surface area (Å²) in [5.41, 5.74) is 9.67. The van der Waals surface area contributed by atoms with Crippen molar-refractivity contribution in [3.63, 3.8) is 0 Å². The van der Waals surface area contributed by atoms with Crippen molar-refractivity contribution in [1.82, 2.24) is 9.55 Å². The van der Waals surface area contributed by atoms with Gasteiger partial charge in [0, 0.05) is 55.7 Å². The number of hydrogen-bond donors (Lipinski definition) is 0. The van der Waals surface area contributed by atoms with Gasteiger partial charge in [-0.1, -0.05) is 128 Å². The molecule has 0 atom stereocenters. The van der Waals surface area contributed by atoms with Crippen LogP contribution < -0.4 is 14.5 Å². The van der Waals surface area contributed by atoms with Gasteiger partial charge in [-0.15, -0.1) is 53.6 Å². The van der Waals surface area contributed by atoms with Crippen molar-refractivity contribution in [3.8, 4) is 17.3 Å².